The van der Waals surface area contributed by atoms with Crippen LogP contribution >= 0.6 is 15.9 Å². The smallest absolute Gasteiger partial charge is 0.312 e. The highest BCUT2D eigenvalue weighted by molar-refractivity contribution is 9.10. The number of phenols is 1. The molecule has 1 unspecified atom stereocenters. The molecule has 0 saturated heterocycles. The molecule has 0 amide bonds. The van der Waals surface area contributed by atoms with Gasteiger partial charge in [0.2, 0.25) is 0 Å². The lowest BCUT2D eigenvalue weighted by Gasteiger charge is -2.15. The Labute approximate surface area is 105 Å². The van der Waals surface area contributed by atoms with Gasteiger partial charge in [0, 0.05) is 16.6 Å². The molecule has 1 rings (SSSR count). The third-order valence-electron chi connectivity index (χ3n) is 2.30. The standard InChI is InChI=1S/C10H11BrFNO4/c1-17-6-2-5(11)7(8(12)9(6)14)4(3-13)10(15)16/h2,4,14H,3,13H2,1H3,(H,15,16). The van der Waals surface area contributed by atoms with E-state index in [0.717, 1.165) is 0 Å². The third kappa shape index (κ3) is 2.50. The monoisotopic (exact) mass is 307 g/mol. The van der Waals surface area contributed by atoms with Gasteiger partial charge in [0.25, 0.3) is 0 Å². The maximum absolute atomic E-state index is 13.8. The number of rotatable bonds is 4. The second-order valence-electron chi connectivity index (χ2n) is 3.26. The van der Waals surface area contributed by atoms with Crippen LogP contribution in [-0.2, 0) is 4.79 Å². The zero-order valence-corrected chi connectivity index (χ0v) is 10.5. The summed E-state index contributed by atoms with van der Waals surface area (Å²) >= 11 is 3.03. The number of nitrogens with two attached hydrogens (primary N) is 1. The summed E-state index contributed by atoms with van der Waals surface area (Å²) in [6, 6.07) is 1.29. The van der Waals surface area contributed by atoms with Gasteiger partial charge in [-0.1, -0.05) is 15.9 Å². The van der Waals surface area contributed by atoms with Crippen molar-refractivity contribution < 1.29 is 24.1 Å². The molecule has 4 N–H and O–H groups in total. The van der Waals surface area contributed by atoms with E-state index >= 15 is 0 Å². The second kappa shape index (κ2) is 5.33. The molecule has 0 bridgehead atoms. The van der Waals surface area contributed by atoms with Crippen LogP contribution in [0.5, 0.6) is 11.5 Å². The fraction of sp³-hybridized carbons (Fsp3) is 0.300. The normalized spacial score (nSPS) is 12.2. The quantitative estimate of drug-likeness (QED) is 0.782. The van der Waals surface area contributed by atoms with Gasteiger partial charge >= 0.3 is 5.97 Å². The first-order valence-electron chi connectivity index (χ1n) is 4.61. The van der Waals surface area contributed by atoms with E-state index in [1.807, 2.05) is 0 Å². The molecule has 0 spiro atoms. The lowest BCUT2D eigenvalue weighted by molar-refractivity contribution is -0.138. The molecule has 94 valence electrons. The van der Waals surface area contributed by atoms with Crippen LogP contribution in [0.3, 0.4) is 0 Å². The number of carbonyl (C=O) groups is 1. The van der Waals surface area contributed by atoms with E-state index < -0.39 is 23.5 Å². The van der Waals surface area contributed by atoms with Crippen molar-refractivity contribution in [1.82, 2.24) is 0 Å². The molecule has 7 heteroatoms. The summed E-state index contributed by atoms with van der Waals surface area (Å²) in [5.74, 6) is -4.36. The Morgan fingerprint density at radius 2 is 2.29 bits per heavy atom. The van der Waals surface area contributed by atoms with E-state index in [1.165, 1.54) is 13.2 Å². The predicted molar refractivity (Wildman–Crippen MR) is 61.7 cm³/mol. The molecule has 1 atom stereocenters. The highest BCUT2D eigenvalue weighted by Crippen LogP contribution is 2.39. The molecule has 0 aromatic heterocycles. The fourth-order valence-electron chi connectivity index (χ4n) is 1.42. The maximum atomic E-state index is 13.8. The van der Waals surface area contributed by atoms with Gasteiger partial charge < -0.3 is 20.7 Å². The molecule has 1 aromatic carbocycles. The highest BCUT2D eigenvalue weighted by atomic mass is 79.9. The molecule has 0 aliphatic carbocycles. The number of halogens is 2. The molecule has 1 aromatic rings. The number of phenolic OH excluding ortho intramolecular Hbond substituents is 1. The molecule has 0 aliphatic rings. The van der Waals surface area contributed by atoms with Crippen molar-refractivity contribution in [3.05, 3.63) is 21.9 Å². The SMILES string of the molecule is COc1cc(Br)c(C(CN)C(=O)O)c(F)c1O. The average Bonchev–Trinajstić information content (AvgIpc) is 2.28. The summed E-state index contributed by atoms with van der Waals surface area (Å²) in [6.07, 6.45) is 0. The largest absolute Gasteiger partial charge is 0.502 e. The molecular weight excluding hydrogens is 297 g/mol. The van der Waals surface area contributed by atoms with Gasteiger partial charge in [-0.05, 0) is 6.07 Å². The van der Waals surface area contributed by atoms with Crippen molar-refractivity contribution >= 4 is 21.9 Å². The first-order chi connectivity index (χ1) is 7.93. The first kappa shape index (κ1) is 13.7. The number of hydrogen-bond donors (Lipinski definition) is 3. The molecule has 0 radical (unpaired) electrons. The molecule has 5 nitrogen and oxygen atoms in total. The molecule has 17 heavy (non-hydrogen) atoms. The van der Waals surface area contributed by atoms with E-state index in [1.54, 1.807) is 0 Å². The molecule has 0 heterocycles. The van der Waals surface area contributed by atoms with Gasteiger partial charge in [-0.2, -0.15) is 0 Å². The van der Waals surface area contributed by atoms with Gasteiger partial charge in [-0.15, -0.1) is 0 Å². The maximum Gasteiger partial charge on any atom is 0.312 e. The zero-order valence-electron chi connectivity index (χ0n) is 8.91. The van der Waals surface area contributed by atoms with Gasteiger partial charge in [0.15, 0.2) is 17.3 Å². The van der Waals surface area contributed by atoms with Crippen molar-refractivity contribution in [2.24, 2.45) is 5.73 Å². The first-order valence-corrected chi connectivity index (χ1v) is 5.41. The third-order valence-corrected chi connectivity index (χ3v) is 2.95. The number of carboxylic acid groups (broad SMARTS) is 1. The van der Waals surface area contributed by atoms with E-state index in [9.17, 15) is 14.3 Å². The van der Waals surface area contributed by atoms with Crippen LogP contribution in [0.25, 0.3) is 0 Å². The Bertz CT molecular complexity index is 452. The Balaban J connectivity index is 3.44. The highest BCUT2D eigenvalue weighted by Gasteiger charge is 2.28. The van der Waals surface area contributed by atoms with Crippen LogP contribution < -0.4 is 10.5 Å². The zero-order chi connectivity index (χ0) is 13.2. The molecule has 0 fully saturated rings. The summed E-state index contributed by atoms with van der Waals surface area (Å²) in [5, 5.41) is 18.4. The number of carboxylic acids is 1. The molecular formula is C10H11BrFNO4. The van der Waals surface area contributed by atoms with Crippen LogP contribution in [0.2, 0.25) is 0 Å². The molecule has 0 aliphatic heterocycles. The Hall–Kier alpha value is -1.34. The number of methoxy groups -OCH3 is 1. The van der Waals surface area contributed by atoms with Crippen LogP contribution in [0.4, 0.5) is 4.39 Å². The topological polar surface area (TPSA) is 92.8 Å². The Kier molecular flexibility index (Phi) is 4.30. The van der Waals surface area contributed by atoms with Gasteiger partial charge in [0.05, 0.1) is 13.0 Å². The number of hydrogen-bond acceptors (Lipinski definition) is 4. The van der Waals surface area contributed by atoms with E-state index in [0.29, 0.717) is 0 Å². The number of aromatic hydroxyl groups is 1. The van der Waals surface area contributed by atoms with Crippen LogP contribution in [0.1, 0.15) is 11.5 Å². The second-order valence-corrected chi connectivity index (χ2v) is 4.12. The number of aliphatic carboxylic acids is 1. The summed E-state index contributed by atoms with van der Waals surface area (Å²) in [5.41, 5.74) is 5.09. The van der Waals surface area contributed by atoms with Gasteiger partial charge in [-0.3, -0.25) is 4.79 Å². The summed E-state index contributed by atoms with van der Waals surface area (Å²) in [7, 11) is 1.26. The Morgan fingerprint density at radius 1 is 1.71 bits per heavy atom. The minimum atomic E-state index is -1.27. The lowest BCUT2D eigenvalue weighted by atomic mass is 9.98. The Morgan fingerprint density at radius 3 is 2.71 bits per heavy atom. The van der Waals surface area contributed by atoms with E-state index in [2.05, 4.69) is 15.9 Å². The van der Waals surface area contributed by atoms with Crippen LogP contribution in [0, 0.1) is 5.82 Å². The average molecular weight is 308 g/mol. The predicted octanol–water partition coefficient (Wildman–Crippen LogP) is 1.43. The van der Waals surface area contributed by atoms with Gasteiger partial charge in [0.1, 0.15) is 0 Å². The van der Waals surface area contributed by atoms with E-state index in [4.69, 9.17) is 15.6 Å². The van der Waals surface area contributed by atoms with Crippen molar-refractivity contribution in [1.29, 1.82) is 0 Å². The van der Waals surface area contributed by atoms with Crippen LogP contribution in [0.15, 0.2) is 10.5 Å². The summed E-state index contributed by atoms with van der Waals surface area (Å²) in [6.45, 7) is -0.281. The number of ether oxygens (including phenoxy) is 1. The summed E-state index contributed by atoms with van der Waals surface area (Å²) < 4.78 is 18.7. The van der Waals surface area contributed by atoms with Gasteiger partial charge in [-0.25, -0.2) is 4.39 Å². The lowest BCUT2D eigenvalue weighted by Crippen LogP contribution is -2.22. The van der Waals surface area contributed by atoms with Crippen molar-refractivity contribution in [2.45, 2.75) is 5.92 Å². The molecule has 0 saturated carbocycles. The van der Waals surface area contributed by atoms with Crippen molar-refractivity contribution in [3.63, 3.8) is 0 Å². The minimum absolute atomic E-state index is 0.0840. The van der Waals surface area contributed by atoms with Crippen molar-refractivity contribution in [2.75, 3.05) is 13.7 Å². The fourth-order valence-corrected chi connectivity index (χ4v) is 2.08. The van der Waals surface area contributed by atoms with Crippen molar-refractivity contribution in [3.8, 4) is 11.5 Å². The summed E-state index contributed by atoms with van der Waals surface area (Å²) in [4.78, 5) is 10.9. The number of benzene rings is 1. The van der Waals surface area contributed by atoms with Crippen LogP contribution in [-0.4, -0.2) is 29.8 Å². The van der Waals surface area contributed by atoms with E-state index in [-0.39, 0.29) is 22.3 Å². The minimum Gasteiger partial charge on any atom is -0.502 e.